The summed E-state index contributed by atoms with van der Waals surface area (Å²) in [6, 6.07) is 10.4. The van der Waals surface area contributed by atoms with Crippen LogP contribution in [0.4, 0.5) is 0 Å². The molecule has 0 radical (unpaired) electrons. The molecule has 5 nitrogen and oxygen atoms in total. The van der Waals surface area contributed by atoms with E-state index in [9.17, 15) is 0 Å². The third-order valence-electron chi connectivity index (χ3n) is 3.54. The van der Waals surface area contributed by atoms with Gasteiger partial charge < -0.3 is 24.7 Å². The normalized spacial score (nSPS) is 16.7. The van der Waals surface area contributed by atoms with Crippen molar-refractivity contribution in [3.63, 3.8) is 0 Å². The summed E-state index contributed by atoms with van der Waals surface area (Å²) < 4.78 is 17.8. The Bertz CT molecular complexity index is 446. The van der Waals surface area contributed by atoms with Crippen LogP contribution in [0.5, 0.6) is 0 Å². The van der Waals surface area contributed by atoms with Gasteiger partial charge in [0.2, 0.25) is 0 Å². The van der Waals surface area contributed by atoms with Crippen molar-refractivity contribution in [2.24, 2.45) is 11.5 Å². The van der Waals surface area contributed by atoms with E-state index in [4.69, 9.17) is 24.7 Å². The molecular weight excluding hydrogens is 296 g/mol. The topological polar surface area (TPSA) is 79.7 Å². The van der Waals surface area contributed by atoms with Crippen molar-refractivity contribution >= 4 is 8.80 Å². The molecule has 1 aromatic carbocycles. The van der Waals surface area contributed by atoms with Crippen LogP contribution in [-0.2, 0) is 19.0 Å². The molecule has 6 heteroatoms. The van der Waals surface area contributed by atoms with Crippen LogP contribution in [0, 0.1) is 0 Å². The summed E-state index contributed by atoms with van der Waals surface area (Å²) in [5, 5.41) is 0. The Morgan fingerprint density at radius 1 is 1.32 bits per heavy atom. The summed E-state index contributed by atoms with van der Waals surface area (Å²) in [4.78, 5) is 0. The molecule has 2 unspecified atom stereocenters. The SMILES string of the molecule is C=CCO[Si](CCCN)(OC)OC(N)(CC)c1ccccc1. The fraction of sp³-hybridized carbons (Fsp3) is 0.500. The quantitative estimate of drug-likeness (QED) is 0.371. The van der Waals surface area contributed by atoms with E-state index in [2.05, 4.69) is 6.58 Å². The maximum Gasteiger partial charge on any atom is 0.502 e. The first kappa shape index (κ1) is 19.0. The van der Waals surface area contributed by atoms with Gasteiger partial charge in [0.1, 0.15) is 5.72 Å². The Morgan fingerprint density at radius 2 is 2.00 bits per heavy atom. The lowest BCUT2D eigenvalue weighted by atomic mass is 10.0. The molecule has 1 rings (SSSR count). The van der Waals surface area contributed by atoms with E-state index in [1.165, 1.54) is 0 Å². The Morgan fingerprint density at radius 3 is 2.50 bits per heavy atom. The lowest BCUT2D eigenvalue weighted by Crippen LogP contribution is -2.55. The monoisotopic (exact) mass is 324 g/mol. The van der Waals surface area contributed by atoms with E-state index in [1.807, 2.05) is 37.3 Å². The third kappa shape index (κ3) is 5.01. The highest BCUT2D eigenvalue weighted by atomic mass is 28.4. The minimum absolute atomic E-state index is 0.360. The first-order valence-corrected chi connectivity index (χ1v) is 9.53. The molecule has 22 heavy (non-hydrogen) atoms. The summed E-state index contributed by atoms with van der Waals surface area (Å²) in [5.41, 5.74) is 12.1. The van der Waals surface area contributed by atoms with Gasteiger partial charge in [-0.25, -0.2) is 0 Å². The van der Waals surface area contributed by atoms with Crippen LogP contribution in [-0.4, -0.2) is 29.1 Å². The van der Waals surface area contributed by atoms with Crippen LogP contribution in [0.2, 0.25) is 6.04 Å². The summed E-state index contributed by atoms with van der Waals surface area (Å²) in [5.74, 6) is 0. The van der Waals surface area contributed by atoms with Crippen molar-refractivity contribution in [3.05, 3.63) is 48.6 Å². The van der Waals surface area contributed by atoms with Gasteiger partial charge in [0.25, 0.3) is 0 Å². The van der Waals surface area contributed by atoms with Gasteiger partial charge in [0.15, 0.2) is 0 Å². The predicted octanol–water partition coefficient (Wildman–Crippen LogP) is 2.36. The third-order valence-corrected chi connectivity index (χ3v) is 6.41. The molecule has 0 heterocycles. The number of nitrogens with two attached hydrogens (primary N) is 2. The van der Waals surface area contributed by atoms with Crippen LogP contribution in [0.15, 0.2) is 43.0 Å². The van der Waals surface area contributed by atoms with Crippen LogP contribution < -0.4 is 11.5 Å². The molecule has 0 aromatic heterocycles. The van der Waals surface area contributed by atoms with Gasteiger partial charge in [-0.15, -0.1) is 6.58 Å². The molecule has 124 valence electrons. The fourth-order valence-corrected chi connectivity index (χ4v) is 4.73. The molecule has 1 aromatic rings. The minimum atomic E-state index is -2.93. The van der Waals surface area contributed by atoms with Gasteiger partial charge >= 0.3 is 8.80 Å². The average Bonchev–Trinajstić information content (AvgIpc) is 2.58. The van der Waals surface area contributed by atoms with Gasteiger partial charge in [0.05, 0.1) is 6.61 Å². The largest absolute Gasteiger partial charge is 0.502 e. The first-order chi connectivity index (χ1) is 10.6. The average molecular weight is 324 g/mol. The molecule has 0 saturated carbocycles. The lowest BCUT2D eigenvalue weighted by molar-refractivity contribution is -0.0252. The van der Waals surface area contributed by atoms with Gasteiger partial charge in [-0.1, -0.05) is 43.3 Å². The summed E-state index contributed by atoms with van der Waals surface area (Å²) in [6.07, 6.45) is 3.04. The predicted molar refractivity (Wildman–Crippen MR) is 91.1 cm³/mol. The van der Waals surface area contributed by atoms with Crippen LogP contribution in [0.25, 0.3) is 0 Å². The maximum absolute atomic E-state index is 6.52. The molecule has 0 aliphatic rings. The van der Waals surface area contributed by atoms with Crippen molar-refractivity contribution in [1.82, 2.24) is 0 Å². The van der Waals surface area contributed by atoms with Crippen molar-refractivity contribution in [1.29, 1.82) is 0 Å². The molecule has 0 bridgehead atoms. The van der Waals surface area contributed by atoms with Crippen molar-refractivity contribution in [2.75, 3.05) is 20.3 Å². The summed E-state index contributed by atoms with van der Waals surface area (Å²) >= 11 is 0. The lowest BCUT2D eigenvalue weighted by Gasteiger charge is -2.38. The van der Waals surface area contributed by atoms with Crippen LogP contribution in [0.3, 0.4) is 0 Å². The van der Waals surface area contributed by atoms with E-state index in [1.54, 1.807) is 13.2 Å². The molecule has 2 atom stereocenters. The summed E-state index contributed by atoms with van der Waals surface area (Å²) in [7, 11) is -1.32. The second-order valence-corrected chi connectivity index (χ2v) is 7.86. The molecule has 0 spiro atoms. The number of rotatable bonds is 11. The second-order valence-electron chi connectivity index (χ2n) is 5.09. The highest BCUT2D eigenvalue weighted by Gasteiger charge is 2.46. The van der Waals surface area contributed by atoms with E-state index >= 15 is 0 Å². The summed E-state index contributed by atoms with van der Waals surface area (Å²) in [6.45, 7) is 6.58. The Labute approximate surface area is 134 Å². The first-order valence-electron chi connectivity index (χ1n) is 7.60. The van der Waals surface area contributed by atoms with E-state index in [0.29, 0.717) is 25.6 Å². The van der Waals surface area contributed by atoms with Crippen LogP contribution >= 0.6 is 0 Å². The smallest absolute Gasteiger partial charge is 0.377 e. The van der Waals surface area contributed by atoms with Gasteiger partial charge in [-0.05, 0) is 24.9 Å². The molecule has 0 amide bonds. The van der Waals surface area contributed by atoms with Crippen molar-refractivity contribution in [2.45, 2.75) is 31.5 Å². The van der Waals surface area contributed by atoms with Crippen LogP contribution in [0.1, 0.15) is 25.3 Å². The molecule has 0 saturated heterocycles. The van der Waals surface area contributed by atoms with Crippen molar-refractivity contribution < 1.29 is 13.3 Å². The maximum atomic E-state index is 6.52. The minimum Gasteiger partial charge on any atom is -0.377 e. The molecular formula is C16H28N2O3Si. The number of benzene rings is 1. The van der Waals surface area contributed by atoms with E-state index in [-0.39, 0.29) is 0 Å². The van der Waals surface area contributed by atoms with Crippen molar-refractivity contribution in [3.8, 4) is 0 Å². The molecule has 0 aliphatic carbocycles. The number of hydrogen-bond donors (Lipinski definition) is 2. The fourth-order valence-electron chi connectivity index (χ4n) is 2.19. The molecule has 0 fully saturated rings. The zero-order chi connectivity index (χ0) is 16.5. The molecule has 0 aliphatic heterocycles. The zero-order valence-electron chi connectivity index (χ0n) is 13.6. The standard InChI is InChI=1S/C16H28N2O3Si/c1-4-13-20-22(19-3,14-9-12-17)21-16(18,5-2)15-10-7-6-8-11-15/h4,6-8,10-11H,1,5,9,12-14,17-18H2,2-3H3. The number of hydrogen-bond acceptors (Lipinski definition) is 5. The van der Waals surface area contributed by atoms with Gasteiger partial charge in [-0.3, -0.25) is 0 Å². The Balaban J connectivity index is 3.04. The van der Waals surface area contributed by atoms with Gasteiger partial charge in [-0.2, -0.15) is 0 Å². The van der Waals surface area contributed by atoms with Gasteiger partial charge in [0, 0.05) is 13.2 Å². The Hall–Kier alpha value is -1.02. The second kappa shape index (κ2) is 9.19. The highest BCUT2D eigenvalue weighted by molar-refractivity contribution is 6.60. The highest BCUT2D eigenvalue weighted by Crippen LogP contribution is 2.30. The molecule has 4 N–H and O–H groups in total. The van der Waals surface area contributed by atoms with E-state index in [0.717, 1.165) is 12.0 Å². The van der Waals surface area contributed by atoms with E-state index < -0.39 is 14.5 Å². The zero-order valence-corrected chi connectivity index (χ0v) is 14.6. The Kier molecular flexibility index (Phi) is 7.95.